The van der Waals surface area contributed by atoms with Gasteiger partial charge in [-0.2, -0.15) is 0 Å². The Labute approximate surface area is 180 Å². The average molecular weight is 405 g/mol. The predicted molar refractivity (Wildman–Crippen MR) is 120 cm³/mol. The zero-order chi connectivity index (χ0) is 21.0. The Hall–Kier alpha value is -0.0800. The van der Waals surface area contributed by atoms with E-state index in [1.807, 2.05) is 0 Å². The van der Waals surface area contributed by atoms with Gasteiger partial charge in [0.2, 0.25) is 0 Å². The molecule has 0 aromatic rings. The SMILES string of the molecule is CC(C)CCC[C@@H](C)[C@H]1C[C@H](O)[C@H]2[C@@H]3CC[C@H]4C[C@@H](O)CC[C@@]4(C)[C@H]3CC[C@]21C. The van der Waals surface area contributed by atoms with Gasteiger partial charge in [0.25, 0.3) is 0 Å². The fraction of sp³-hybridized carbons (Fsp3) is 1.00. The van der Waals surface area contributed by atoms with Crippen molar-refractivity contribution in [3.8, 4) is 0 Å². The monoisotopic (exact) mass is 404 g/mol. The lowest BCUT2D eigenvalue weighted by molar-refractivity contribution is -0.142. The fourth-order valence-electron chi connectivity index (χ4n) is 9.28. The maximum atomic E-state index is 11.3. The van der Waals surface area contributed by atoms with Gasteiger partial charge in [-0.1, -0.05) is 53.9 Å². The van der Waals surface area contributed by atoms with Gasteiger partial charge in [-0.05, 0) is 104 Å². The van der Waals surface area contributed by atoms with Gasteiger partial charge >= 0.3 is 0 Å². The summed E-state index contributed by atoms with van der Waals surface area (Å²) < 4.78 is 0. The van der Waals surface area contributed by atoms with Crippen molar-refractivity contribution >= 4 is 0 Å². The first-order valence-corrected chi connectivity index (χ1v) is 13.0. The van der Waals surface area contributed by atoms with Crippen LogP contribution in [0.4, 0.5) is 0 Å². The van der Waals surface area contributed by atoms with E-state index >= 15 is 0 Å². The average Bonchev–Trinajstić information content (AvgIpc) is 2.93. The Bertz CT molecular complexity index is 573. The Morgan fingerprint density at radius 2 is 1.59 bits per heavy atom. The molecule has 0 spiro atoms. The van der Waals surface area contributed by atoms with Crippen molar-refractivity contribution < 1.29 is 10.2 Å². The molecule has 4 rings (SSSR count). The lowest BCUT2D eigenvalue weighted by atomic mass is 9.44. The quantitative estimate of drug-likeness (QED) is 0.553. The van der Waals surface area contributed by atoms with E-state index in [9.17, 15) is 10.2 Å². The minimum atomic E-state index is -0.0836. The molecule has 0 unspecified atom stereocenters. The van der Waals surface area contributed by atoms with Crippen LogP contribution in [-0.4, -0.2) is 22.4 Å². The van der Waals surface area contributed by atoms with Crippen LogP contribution in [0.25, 0.3) is 0 Å². The van der Waals surface area contributed by atoms with E-state index in [4.69, 9.17) is 0 Å². The molecule has 29 heavy (non-hydrogen) atoms. The highest BCUT2D eigenvalue weighted by molar-refractivity contribution is 5.12. The van der Waals surface area contributed by atoms with Crippen molar-refractivity contribution in [2.45, 2.75) is 117 Å². The van der Waals surface area contributed by atoms with Crippen LogP contribution >= 0.6 is 0 Å². The van der Waals surface area contributed by atoms with E-state index in [1.165, 1.54) is 51.4 Å². The molecule has 0 aromatic heterocycles. The molecule has 4 fully saturated rings. The van der Waals surface area contributed by atoms with Gasteiger partial charge < -0.3 is 10.2 Å². The molecule has 0 aliphatic heterocycles. The zero-order valence-corrected chi connectivity index (χ0v) is 19.9. The van der Waals surface area contributed by atoms with E-state index in [-0.39, 0.29) is 12.2 Å². The fourth-order valence-corrected chi connectivity index (χ4v) is 9.28. The molecule has 0 bridgehead atoms. The van der Waals surface area contributed by atoms with Crippen molar-refractivity contribution in [1.82, 2.24) is 0 Å². The zero-order valence-electron chi connectivity index (χ0n) is 19.9. The molecular formula is C27H48O2. The lowest BCUT2D eigenvalue weighted by Gasteiger charge is -2.61. The van der Waals surface area contributed by atoms with Gasteiger partial charge in [0.1, 0.15) is 0 Å². The summed E-state index contributed by atoms with van der Waals surface area (Å²) in [5, 5.41) is 21.6. The summed E-state index contributed by atoms with van der Waals surface area (Å²) in [5.74, 6) is 4.97. The summed E-state index contributed by atoms with van der Waals surface area (Å²) in [4.78, 5) is 0. The summed E-state index contributed by atoms with van der Waals surface area (Å²) in [5.41, 5.74) is 0.749. The van der Waals surface area contributed by atoms with Crippen molar-refractivity contribution in [2.24, 2.45) is 52.3 Å². The standard InChI is InChI=1S/C27H48O2/c1-17(2)7-6-8-18(3)23-16-24(29)25-21-10-9-19-15-20(28)11-13-26(19,4)22(21)12-14-27(23,25)5/h17-25,28-29H,6-16H2,1-5H3/t18-,19+,20+,21-,22+,23-,24+,25-,26-,27+/m1/s1. The van der Waals surface area contributed by atoms with E-state index in [1.54, 1.807) is 0 Å². The molecule has 2 heteroatoms. The summed E-state index contributed by atoms with van der Waals surface area (Å²) in [6.07, 6.45) is 13.4. The maximum absolute atomic E-state index is 11.3. The van der Waals surface area contributed by atoms with Crippen LogP contribution in [0.2, 0.25) is 0 Å². The lowest BCUT2D eigenvalue weighted by Crippen LogP contribution is -2.55. The van der Waals surface area contributed by atoms with Gasteiger partial charge in [-0.25, -0.2) is 0 Å². The second-order valence-corrected chi connectivity index (χ2v) is 12.8. The second-order valence-electron chi connectivity index (χ2n) is 12.8. The minimum absolute atomic E-state index is 0.0633. The van der Waals surface area contributed by atoms with E-state index in [0.29, 0.717) is 34.5 Å². The largest absolute Gasteiger partial charge is 0.393 e. The molecule has 4 saturated carbocycles. The van der Waals surface area contributed by atoms with Crippen LogP contribution in [-0.2, 0) is 0 Å². The summed E-state index contributed by atoms with van der Waals surface area (Å²) in [7, 11) is 0. The van der Waals surface area contributed by atoms with Crippen LogP contribution < -0.4 is 0 Å². The Kier molecular flexibility index (Phi) is 6.19. The van der Waals surface area contributed by atoms with Crippen LogP contribution in [0.5, 0.6) is 0 Å². The molecule has 0 saturated heterocycles. The number of hydrogen-bond acceptors (Lipinski definition) is 2. The molecule has 0 aromatic carbocycles. The van der Waals surface area contributed by atoms with Gasteiger partial charge in [-0.3, -0.25) is 0 Å². The normalized spacial score (nSPS) is 50.7. The predicted octanol–water partition coefficient (Wildman–Crippen LogP) is 6.44. The molecular weight excluding hydrogens is 356 g/mol. The number of aliphatic hydroxyl groups excluding tert-OH is 2. The number of hydrogen-bond donors (Lipinski definition) is 2. The first-order chi connectivity index (χ1) is 13.7. The van der Waals surface area contributed by atoms with Crippen molar-refractivity contribution in [3.05, 3.63) is 0 Å². The number of fused-ring (bicyclic) bond motifs is 5. The second kappa shape index (κ2) is 8.12. The third-order valence-electron chi connectivity index (χ3n) is 10.8. The third-order valence-corrected chi connectivity index (χ3v) is 10.8. The van der Waals surface area contributed by atoms with E-state index in [2.05, 4.69) is 34.6 Å². The molecule has 0 amide bonds. The minimum Gasteiger partial charge on any atom is -0.393 e. The summed E-state index contributed by atoms with van der Waals surface area (Å²) in [6, 6.07) is 0. The third kappa shape index (κ3) is 3.73. The smallest absolute Gasteiger partial charge is 0.0579 e. The Balaban J connectivity index is 1.51. The molecule has 4 aliphatic rings. The highest BCUT2D eigenvalue weighted by Crippen LogP contribution is 2.68. The van der Waals surface area contributed by atoms with Gasteiger partial charge in [-0.15, -0.1) is 0 Å². The first kappa shape index (κ1) is 22.1. The molecule has 168 valence electrons. The summed E-state index contributed by atoms with van der Waals surface area (Å²) in [6.45, 7) is 12.3. The molecule has 0 radical (unpaired) electrons. The maximum Gasteiger partial charge on any atom is 0.0579 e. The topological polar surface area (TPSA) is 40.5 Å². The van der Waals surface area contributed by atoms with Crippen LogP contribution in [0.1, 0.15) is 105 Å². The number of rotatable bonds is 5. The van der Waals surface area contributed by atoms with Crippen molar-refractivity contribution in [2.75, 3.05) is 0 Å². The Morgan fingerprint density at radius 1 is 0.862 bits per heavy atom. The molecule has 4 aliphatic carbocycles. The Morgan fingerprint density at radius 3 is 2.31 bits per heavy atom. The highest BCUT2D eigenvalue weighted by atomic mass is 16.3. The molecule has 2 nitrogen and oxygen atoms in total. The van der Waals surface area contributed by atoms with Crippen LogP contribution in [0.3, 0.4) is 0 Å². The summed E-state index contributed by atoms with van der Waals surface area (Å²) >= 11 is 0. The van der Waals surface area contributed by atoms with E-state index in [0.717, 1.165) is 37.0 Å². The number of aliphatic hydroxyl groups is 2. The van der Waals surface area contributed by atoms with Crippen LogP contribution in [0, 0.1) is 52.3 Å². The van der Waals surface area contributed by atoms with Crippen molar-refractivity contribution in [1.29, 1.82) is 0 Å². The van der Waals surface area contributed by atoms with Gasteiger partial charge in [0.05, 0.1) is 12.2 Å². The highest BCUT2D eigenvalue weighted by Gasteiger charge is 2.63. The molecule has 0 heterocycles. The van der Waals surface area contributed by atoms with Gasteiger partial charge in [0, 0.05) is 0 Å². The molecule has 10 atom stereocenters. The van der Waals surface area contributed by atoms with Gasteiger partial charge in [0.15, 0.2) is 0 Å². The van der Waals surface area contributed by atoms with Crippen molar-refractivity contribution in [3.63, 3.8) is 0 Å². The first-order valence-electron chi connectivity index (χ1n) is 13.0. The molecule has 2 N–H and O–H groups in total. The van der Waals surface area contributed by atoms with Crippen LogP contribution in [0.15, 0.2) is 0 Å². The van der Waals surface area contributed by atoms with E-state index < -0.39 is 0 Å².